The Morgan fingerprint density at radius 1 is 1.12 bits per heavy atom. The normalized spacial score (nSPS) is 14.3. The number of aromatic nitrogens is 5. The van der Waals surface area contributed by atoms with E-state index in [9.17, 15) is 13.2 Å². The second-order valence-electron chi connectivity index (χ2n) is 10.0. The van der Waals surface area contributed by atoms with Crippen molar-refractivity contribution in [1.29, 1.82) is 0 Å². The summed E-state index contributed by atoms with van der Waals surface area (Å²) in [6.45, 7) is 4.30. The molecule has 1 aliphatic heterocycles. The second-order valence-corrected chi connectivity index (χ2v) is 13.2. The smallest absolute Gasteiger partial charge is 0.245 e. The standard InChI is InChI=1S/C28H31Cl2N7O5S/c1-5-22(38)36-10-8-17(9-11-36)43(39,40)12-6-7-21-33-27-18(23-24(29)19(41-3)14-20(42-4)25(23)30)13-16-15-32-28(31-2)34-26(16)37(27)35-21/h5,13-15,17H,1,6-12H2,2-4H3,(H,31,32,34). The molecule has 1 N–H and O–H groups in total. The predicted octanol–water partition coefficient (Wildman–Crippen LogP) is 4.23. The van der Waals surface area contributed by atoms with Crippen molar-refractivity contribution in [2.24, 2.45) is 0 Å². The minimum Gasteiger partial charge on any atom is -0.495 e. The van der Waals surface area contributed by atoms with Crippen LogP contribution in [0.4, 0.5) is 5.95 Å². The number of sulfone groups is 1. The van der Waals surface area contributed by atoms with Gasteiger partial charge in [-0.3, -0.25) is 4.79 Å². The minimum atomic E-state index is -3.38. The number of pyridine rings is 1. The van der Waals surface area contributed by atoms with Crippen LogP contribution in [0, 0.1) is 0 Å². The van der Waals surface area contributed by atoms with Crippen molar-refractivity contribution >= 4 is 61.6 Å². The second kappa shape index (κ2) is 12.5. The van der Waals surface area contributed by atoms with Crippen molar-refractivity contribution in [3.63, 3.8) is 0 Å². The molecule has 1 saturated heterocycles. The number of amides is 1. The van der Waals surface area contributed by atoms with E-state index in [1.54, 1.807) is 28.7 Å². The number of fused-ring (bicyclic) bond motifs is 3. The number of hydrogen-bond acceptors (Lipinski definition) is 10. The maximum atomic E-state index is 13.1. The van der Waals surface area contributed by atoms with Gasteiger partial charge in [-0.2, -0.15) is 9.50 Å². The number of carbonyl (C=O) groups is 1. The zero-order valence-electron chi connectivity index (χ0n) is 23.9. The van der Waals surface area contributed by atoms with Gasteiger partial charge in [0.05, 0.1) is 35.3 Å². The fourth-order valence-electron chi connectivity index (χ4n) is 5.25. The topological polar surface area (TPSA) is 141 Å². The van der Waals surface area contributed by atoms with Crippen LogP contribution in [0.3, 0.4) is 0 Å². The van der Waals surface area contributed by atoms with Gasteiger partial charge in [0.1, 0.15) is 11.5 Å². The number of ether oxygens (including phenoxy) is 2. The molecule has 1 aromatic carbocycles. The molecule has 0 atom stereocenters. The number of rotatable bonds is 10. The van der Waals surface area contributed by atoms with E-state index in [2.05, 4.69) is 21.9 Å². The molecule has 15 heteroatoms. The van der Waals surface area contributed by atoms with Crippen molar-refractivity contribution < 1.29 is 22.7 Å². The molecule has 3 aromatic heterocycles. The molecule has 5 rings (SSSR count). The number of aryl methyl sites for hydroxylation is 1. The summed E-state index contributed by atoms with van der Waals surface area (Å²) >= 11 is 13.5. The van der Waals surface area contributed by atoms with Gasteiger partial charge in [0.15, 0.2) is 27.0 Å². The van der Waals surface area contributed by atoms with E-state index in [0.717, 1.165) is 0 Å². The van der Waals surface area contributed by atoms with Crippen molar-refractivity contribution in [2.75, 3.05) is 45.4 Å². The van der Waals surface area contributed by atoms with E-state index in [4.69, 9.17) is 42.8 Å². The number of hydrogen-bond donors (Lipinski definition) is 1. The van der Waals surface area contributed by atoms with Gasteiger partial charge in [0.2, 0.25) is 11.9 Å². The molecule has 0 spiro atoms. The van der Waals surface area contributed by atoms with E-state index in [-0.39, 0.29) is 21.7 Å². The lowest BCUT2D eigenvalue weighted by molar-refractivity contribution is -0.126. The van der Waals surface area contributed by atoms with Crippen LogP contribution in [0.25, 0.3) is 27.8 Å². The molecular weight excluding hydrogens is 617 g/mol. The van der Waals surface area contributed by atoms with Crippen LogP contribution >= 0.6 is 23.2 Å². The number of halogens is 2. The van der Waals surface area contributed by atoms with E-state index < -0.39 is 15.1 Å². The summed E-state index contributed by atoms with van der Waals surface area (Å²) in [6.07, 6.45) is 4.35. The van der Waals surface area contributed by atoms with E-state index >= 15 is 0 Å². The summed E-state index contributed by atoms with van der Waals surface area (Å²) in [7, 11) is 1.32. The fourth-order valence-corrected chi connectivity index (χ4v) is 7.76. The molecule has 0 bridgehead atoms. The summed E-state index contributed by atoms with van der Waals surface area (Å²) in [5, 5.41) is 8.32. The summed E-state index contributed by atoms with van der Waals surface area (Å²) in [6, 6.07) is 3.42. The first-order valence-corrected chi connectivity index (χ1v) is 16.0. The molecule has 0 saturated carbocycles. The quantitative estimate of drug-likeness (QED) is 0.249. The van der Waals surface area contributed by atoms with Crippen LogP contribution in [-0.2, 0) is 21.1 Å². The van der Waals surface area contributed by atoms with Crippen LogP contribution in [0.1, 0.15) is 25.1 Å². The number of anilines is 1. The molecule has 4 aromatic rings. The van der Waals surface area contributed by atoms with Crippen molar-refractivity contribution in [3.8, 4) is 22.6 Å². The van der Waals surface area contributed by atoms with Crippen LogP contribution in [0.15, 0.2) is 31.0 Å². The Bertz CT molecular complexity index is 1790. The Balaban J connectivity index is 1.49. The van der Waals surface area contributed by atoms with Crippen LogP contribution < -0.4 is 14.8 Å². The van der Waals surface area contributed by atoms with Crippen LogP contribution in [0.2, 0.25) is 10.0 Å². The highest BCUT2D eigenvalue weighted by Gasteiger charge is 2.31. The van der Waals surface area contributed by atoms with E-state index in [1.807, 2.05) is 6.07 Å². The Morgan fingerprint density at radius 3 is 2.40 bits per heavy atom. The van der Waals surface area contributed by atoms with Crippen LogP contribution in [-0.4, -0.2) is 89.2 Å². The summed E-state index contributed by atoms with van der Waals surface area (Å²) in [5.41, 5.74) is 1.90. The minimum absolute atomic E-state index is 0.0208. The maximum Gasteiger partial charge on any atom is 0.245 e. The average Bonchev–Trinajstić information content (AvgIpc) is 3.45. The van der Waals surface area contributed by atoms with Gasteiger partial charge in [0.25, 0.3) is 0 Å². The van der Waals surface area contributed by atoms with Gasteiger partial charge < -0.3 is 19.7 Å². The molecule has 0 radical (unpaired) electrons. The van der Waals surface area contributed by atoms with Gasteiger partial charge in [-0.1, -0.05) is 29.8 Å². The third-order valence-corrected chi connectivity index (χ3v) is 10.6. The van der Waals surface area contributed by atoms with Crippen molar-refractivity contribution in [3.05, 3.63) is 46.9 Å². The van der Waals surface area contributed by atoms with E-state index in [0.29, 0.717) is 89.9 Å². The molecule has 1 fully saturated rings. The van der Waals surface area contributed by atoms with Gasteiger partial charge >= 0.3 is 0 Å². The summed E-state index contributed by atoms with van der Waals surface area (Å²) in [4.78, 5) is 27.2. The maximum absolute atomic E-state index is 13.1. The number of carbonyl (C=O) groups excluding carboxylic acids is 1. The van der Waals surface area contributed by atoms with E-state index in [1.165, 1.54) is 20.3 Å². The highest BCUT2D eigenvalue weighted by molar-refractivity contribution is 7.92. The third kappa shape index (κ3) is 5.93. The van der Waals surface area contributed by atoms with Gasteiger partial charge in [-0.05, 0) is 31.4 Å². The lowest BCUT2D eigenvalue weighted by atomic mass is 10.0. The molecule has 0 aliphatic carbocycles. The number of nitrogens with one attached hydrogen (secondary N) is 1. The highest BCUT2D eigenvalue weighted by Crippen LogP contribution is 2.47. The number of likely N-dealkylation sites (tertiary alicyclic amines) is 1. The Labute approximate surface area is 258 Å². The predicted molar refractivity (Wildman–Crippen MR) is 166 cm³/mol. The van der Waals surface area contributed by atoms with Gasteiger partial charge in [0, 0.05) is 55.3 Å². The van der Waals surface area contributed by atoms with Crippen LogP contribution in [0.5, 0.6) is 11.5 Å². The molecule has 12 nitrogen and oxygen atoms in total. The molecule has 0 unspecified atom stereocenters. The molecule has 1 amide bonds. The molecule has 1 aliphatic rings. The number of methoxy groups -OCH3 is 2. The molecular formula is C28H31Cl2N7O5S. The first kappa shape index (κ1) is 30.8. The zero-order valence-corrected chi connectivity index (χ0v) is 26.3. The Hall–Kier alpha value is -3.68. The van der Waals surface area contributed by atoms with Gasteiger partial charge in [-0.15, -0.1) is 5.10 Å². The molecule has 4 heterocycles. The first-order valence-electron chi connectivity index (χ1n) is 13.6. The molecule has 43 heavy (non-hydrogen) atoms. The Morgan fingerprint density at radius 2 is 1.79 bits per heavy atom. The fraction of sp³-hybridized carbons (Fsp3) is 0.393. The lowest BCUT2D eigenvalue weighted by Crippen LogP contribution is -2.42. The number of nitrogens with zero attached hydrogens (tertiary/aromatic N) is 6. The highest BCUT2D eigenvalue weighted by atomic mass is 35.5. The van der Waals surface area contributed by atoms with Crippen molar-refractivity contribution in [2.45, 2.75) is 30.9 Å². The number of benzene rings is 1. The average molecular weight is 649 g/mol. The van der Waals surface area contributed by atoms with Gasteiger partial charge in [-0.25, -0.2) is 18.4 Å². The molecule has 228 valence electrons. The lowest BCUT2D eigenvalue weighted by Gasteiger charge is -2.31. The Kier molecular flexibility index (Phi) is 8.95. The third-order valence-electron chi connectivity index (χ3n) is 7.52. The first-order chi connectivity index (χ1) is 20.6. The summed E-state index contributed by atoms with van der Waals surface area (Å²) in [5.74, 6) is 1.35. The SMILES string of the molecule is C=CC(=O)N1CCC(S(=O)(=O)CCCc2nc3c(-c4c(Cl)c(OC)cc(OC)c4Cl)cc4cnc(NC)nc4n3n2)CC1. The summed E-state index contributed by atoms with van der Waals surface area (Å²) < 4.78 is 38.8. The zero-order chi connectivity index (χ0) is 30.9. The largest absolute Gasteiger partial charge is 0.495 e. The monoisotopic (exact) mass is 647 g/mol. The number of piperidine rings is 1. The van der Waals surface area contributed by atoms with Crippen molar-refractivity contribution in [1.82, 2.24) is 29.5 Å².